The van der Waals surface area contributed by atoms with Crippen LogP contribution in [0.5, 0.6) is 0 Å². The largest absolute Gasteiger partial charge is 0.355 e. The summed E-state index contributed by atoms with van der Waals surface area (Å²) in [4.78, 5) is 0. The number of hydrogen-bond donors (Lipinski definition) is 2. The summed E-state index contributed by atoms with van der Waals surface area (Å²) < 4.78 is 22.4. The Morgan fingerprint density at radius 1 is 1.61 bits per heavy atom. The summed E-state index contributed by atoms with van der Waals surface area (Å²) in [5, 5.41) is 16.7. The highest BCUT2D eigenvalue weighted by Crippen LogP contribution is 2.15. The van der Waals surface area contributed by atoms with Gasteiger partial charge < -0.3 is 10.6 Å². The summed E-state index contributed by atoms with van der Waals surface area (Å²) in [6.07, 6.45) is 2.41. The fourth-order valence-corrected chi connectivity index (χ4v) is 3.65. The molecule has 0 radical (unpaired) electrons. The number of aryl methyl sites for hydroxylation is 1. The molecule has 18 heavy (non-hydrogen) atoms. The average Bonchev–Trinajstić information content (AvgIpc) is 2.85. The molecule has 1 aliphatic rings. The summed E-state index contributed by atoms with van der Waals surface area (Å²) in [6, 6.07) is -0.284. The molecule has 1 aliphatic heterocycles. The lowest BCUT2D eigenvalue weighted by atomic mass is 10.3. The molecule has 0 unspecified atom stereocenters. The maximum atomic E-state index is 11.2. The van der Waals surface area contributed by atoms with Crippen molar-refractivity contribution in [3.63, 3.8) is 0 Å². The molecule has 1 atom stereocenters. The summed E-state index contributed by atoms with van der Waals surface area (Å²) in [5.41, 5.74) is 0. The van der Waals surface area contributed by atoms with Gasteiger partial charge in [-0.05, 0) is 24.7 Å². The zero-order valence-electron chi connectivity index (χ0n) is 9.58. The molecule has 2 N–H and O–H groups in total. The molecule has 0 aromatic carbocycles. The number of nitrogens with zero attached hydrogens (tertiary/aromatic N) is 2. The van der Waals surface area contributed by atoms with Gasteiger partial charge in [0.2, 0.25) is 5.13 Å². The van der Waals surface area contributed by atoms with Gasteiger partial charge in [-0.3, -0.25) is 0 Å². The van der Waals surface area contributed by atoms with E-state index >= 15 is 0 Å². The third-order valence-corrected chi connectivity index (χ3v) is 4.83. The SMILES string of the molecule is CCc1nnc(NC(=S)N[C@@H]2C=CS(=O)(=O)C2)s1. The molecule has 9 heteroatoms. The molecule has 0 saturated carbocycles. The number of rotatable bonds is 3. The third-order valence-electron chi connectivity index (χ3n) is 2.24. The fraction of sp³-hybridized carbons (Fsp3) is 0.444. The van der Waals surface area contributed by atoms with Crippen LogP contribution >= 0.6 is 23.6 Å². The van der Waals surface area contributed by atoms with Crippen molar-refractivity contribution in [3.8, 4) is 0 Å². The first kappa shape index (κ1) is 13.4. The molecule has 0 amide bonds. The maximum Gasteiger partial charge on any atom is 0.211 e. The Balaban J connectivity index is 1.88. The first-order valence-electron chi connectivity index (χ1n) is 5.29. The smallest absolute Gasteiger partial charge is 0.211 e. The quantitative estimate of drug-likeness (QED) is 0.795. The molecule has 6 nitrogen and oxygen atoms in total. The van der Waals surface area contributed by atoms with E-state index in [1.54, 1.807) is 6.08 Å². The van der Waals surface area contributed by atoms with Crippen LogP contribution < -0.4 is 10.6 Å². The highest BCUT2D eigenvalue weighted by molar-refractivity contribution is 7.94. The summed E-state index contributed by atoms with van der Waals surface area (Å²) in [6.45, 7) is 2.00. The minimum Gasteiger partial charge on any atom is -0.355 e. The minimum atomic E-state index is -3.07. The van der Waals surface area contributed by atoms with Crippen LogP contribution in [0.1, 0.15) is 11.9 Å². The van der Waals surface area contributed by atoms with E-state index in [0.717, 1.165) is 11.4 Å². The highest BCUT2D eigenvalue weighted by Gasteiger charge is 2.22. The van der Waals surface area contributed by atoms with Gasteiger partial charge in [0.25, 0.3) is 0 Å². The Labute approximate surface area is 114 Å². The summed E-state index contributed by atoms with van der Waals surface area (Å²) >= 11 is 6.50. The van der Waals surface area contributed by atoms with Gasteiger partial charge in [0.15, 0.2) is 14.9 Å². The topological polar surface area (TPSA) is 84.0 Å². The van der Waals surface area contributed by atoms with E-state index in [2.05, 4.69) is 20.8 Å². The molecule has 1 aromatic heterocycles. The van der Waals surface area contributed by atoms with E-state index < -0.39 is 9.84 Å². The molecular weight excluding hydrogens is 292 g/mol. The van der Waals surface area contributed by atoms with Crippen LogP contribution in [0.4, 0.5) is 5.13 Å². The van der Waals surface area contributed by atoms with Gasteiger partial charge in [-0.2, -0.15) is 0 Å². The second kappa shape index (κ2) is 5.29. The molecule has 2 rings (SSSR count). The number of nitrogens with one attached hydrogen (secondary N) is 2. The van der Waals surface area contributed by atoms with Gasteiger partial charge in [0.05, 0.1) is 11.8 Å². The van der Waals surface area contributed by atoms with Crippen LogP contribution in [0.25, 0.3) is 0 Å². The van der Waals surface area contributed by atoms with E-state index in [1.807, 2.05) is 6.92 Å². The van der Waals surface area contributed by atoms with Crippen molar-refractivity contribution in [2.24, 2.45) is 0 Å². The Hall–Kier alpha value is -1.06. The third kappa shape index (κ3) is 3.47. The van der Waals surface area contributed by atoms with Crippen molar-refractivity contribution in [3.05, 3.63) is 16.5 Å². The molecule has 98 valence electrons. The van der Waals surface area contributed by atoms with Gasteiger partial charge in [-0.25, -0.2) is 8.42 Å². The van der Waals surface area contributed by atoms with E-state index in [9.17, 15) is 8.42 Å². The number of sulfone groups is 1. The van der Waals surface area contributed by atoms with Crippen LogP contribution in [-0.2, 0) is 16.3 Å². The van der Waals surface area contributed by atoms with E-state index in [4.69, 9.17) is 12.2 Å². The molecule has 0 aliphatic carbocycles. The maximum absolute atomic E-state index is 11.2. The molecule has 0 fully saturated rings. The van der Waals surface area contributed by atoms with Crippen molar-refractivity contribution >= 4 is 43.6 Å². The molecule has 0 bridgehead atoms. The van der Waals surface area contributed by atoms with Crippen LogP contribution in [-0.4, -0.2) is 35.5 Å². The van der Waals surface area contributed by atoms with Crippen LogP contribution in [0, 0.1) is 0 Å². The van der Waals surface area contributed by atoms with Crippen LogP contribution in [0.3, 0.4) is 0 Å². The van der Waals surface area contributed by atoms with Crippen LogP contribution in [0.2, 0.25) is 0 Å². The Morgan fingerprint density at radius 2 is 2.39 bits per heavy atom. The zero-order valence-corrected chi connectivity index (χ0v) is 12.0. The van der Waals surface area contributed by atoms with Crippen molar-refractivity contribution in [1.29, 1.82) is 0 Å². The van der Waals surface area contributed by atoms with Crippen molar-refractivity contribution in [2.45, 2.75) is 19.4 Å². The number of hydrogen-bond acceptors (Lipinski definition) is 6. The lowest BCUT2D eigenvalue weighted by molar-refractivity contribution is 0.603. The Bertz CT molecular complexity index is 578. The standard InChI is InChI=1S/C9H12N4O2S3/c1-2-7-12-13-9(17-7)11-8(16)10-6-3-4-18(14,15)5-6/h3-4,6H,2,5H2,1H3,(H2,10,11,13,16)/t6-/m1/s1. The monoisotopic (exact) mass is 304 g/mol. The molecule has 0 spiro atoms. The van der Waals surface area contributed by atoms with Gasteiger partial charge in [0, 0.05) is 5.41 Å². The van der Waals surface area contributed by atoms with Crippen molar-refractivity contribution in [1.82, 2.24) is 15.5 Å². The van der Waals surface area contributed by atoms with E-state index in [1.165, 1.54) is 16.7 Å². The van der Waals surface area contributed by atoms with Crippen LogP contribution in [0.15, 0.2) is 11.5 Å². The predicted octanol–water partition coefficient (Wildman–Crippen LogP) is 0.698. The zero-order chi connectivity index (χ0) is 13.2. The Kier molecular flexibility index (Phi) is 3.93. The summed E-state index contributed by atoms with van der Waals surface area (Å²) in [5.74, 6) is 0.0329. The predicted molar refractivity (Wildman–Crippen MR) is 75.4 cm³/mol. The first-order chi connectivity index (χ1) is 8.48. The van der Waals surface area contributed by atoms with Gasteiger partial charge >= 0.3 is 0 Å². The average molecular weight is 304 g/mol. The highest BCUT2D eigenvalue weighted by atomic mass is 32.2. The minimum absolute atomic E-state index is 0.0329. The van der Waals surface area contributed by atoms with Gasteiger partial charge in [0.1, 0.15) is 5.01 Å². The second-order valence-electron chi connectivity index (χ2n) is 3.72. The van der Waals surface area contributed by atoms with Crippen molar-refractivity contribution < 1.29 is 8.42 Å². The number of anilines is 1. The lowest BCUT2D eigenvalue weighted by Gasteiger charge is -2.12. The number of aromatic nitrogens is 2. The Morgan fingerprint density at radius 3 is 2.94 bits per heavy atom. The van der Waals surface area contributed by atoms with E-state index in [-0.39, 0.29) is 11.8 Å². The second-order valence-corrected chi connectivity index (χ2v) is 7.12. The number of thiocarbonyl (C=S) groups is 1. The van der Waals surface area contributed by atoms with Gasteiger partial charge in [-0.15, -0.1) is 10.2 Å². The molecule has 2 heterocycles. The fourth-order valence-electron chi connectivity index (χ4n) is 1.41. The van der Waals surface area contributed by atoms with E-state index in [0.29, 0.717) is 10.2 Å². The molecule has 1 aromatic rings. The molecular formula is C9H12N4O2S3. The lowest BCUT2D eigenvalue weighted by Crippen LogP contribution is -2.38. The molecule has 0 saturated heterocycles. The normalized spacial score (nSPS) is 20.8. The van der Waals surface area contributed by atoms with Crippen molar-refractivity contribution in [2.75, 3.05) is 11.1 Å². The first-order valence-corrected chi connectivity index (χ1v) is 8.23. The van der Waals surface area contributed by atoms with Gasteiger partial charge in [-0.1, -0.05) is 18.3 Å². The summed E-state index contributed by atoms with van der Waals surface area (Å²) in [7, 11) is -3.07.